The van der Waals surface area contributed by atoms with Gasteiger partial charge in [0.05, 0.1) is 37.1 Å². The first-order chi connectivity index (χ1) is 21.1. The van der Waals surface area contributed by atoms with Gasteiger partial charge in [-0.05, 0) is 45.1 Å². The number of aliphatic hydroxyl groups is 1. The molecule has 2 bridgehead atoms. The van der Waals surface area contributed by atoms with Crippen LogP contribution in [0.5, 0.6) is 0 Å². The Balaban J connectivity index is 1.64. The maximum absolute atomic E-state index is 14.4. The van der Waals surface area contributed by atoms with Gasteiger partial charge in [-0.1, -0.05) is 55.8 Å². The number of esters is 1. The minimum Gasteiger partial charge on any atom is -0.455 e. The van der Waals surface area contributed by atoms with E-state index in [1.165, 1.54) is 4.90 Å². The van der Waals surface area contributed by atoms with E-state index in [1.807, 2.05) is 44.2 Å². The highest BCUT2D eigenvalue weighted by molar-refractivity contribution is 5.98. The number of carbonyl (C=O) groups is 4. The Labute approximate surface area is 260 Å². The third kappa shape index (κ3) is 6.33. The average molecular weight is 610 g/mol. The van der Waals surface area contributed by atoms with Gasteiger partial charge in [-0.3, -0.25) is 19.2 Å². The Morgan fingerprint density at radius 1 is 1.23 bits per heavy atom. The maximum atomic E-state index is 14.4. The number of likely N-dealkylation sites (tertiary alicyclic amines) is 1. The van der Waals surface area contributed by atoms with Gasteiger partial charge in [0.25, 0.3) is 0 Å². The van der Waals surface area contributed by atoms with Crippen LogP contribution < -0.4 is 5.32 Å². The summed E-state index contributed by atoms with van der Waals surface area (Å²) in [4.78, 5) is 58.1. The van der Waals surface area contributed by atoms with E-state index in [1.54, 1.807) is 24.0 Å². The van der Waals surface area contributed by atoms with Crippen LogP contribution in [0, 0.1) is 11.8 Å². The quantitative estimate of drug-likeness (QED) is 0.218. The zero-order valence-corrected chi connectivity index (χ0v) is 26.2. The molecular formula is C34H47N3O7. The van der Waals surface area contributed by atoms with Gasteiger partial charge in [-0.25, -0.2) is 0 Å². The predicted octanol–water partition coefficient (Wildman–Crippen LogP) is 3.31. The van der Waals surface area contributed by atoms with Gasteiger partial charge in [0, 0.05) is 19.0 Å². The second-order valence-electron chi connectivity index (χ2n) is 12.2. The van der Waals surface area contributed by atoms with Crippen LogP contribution in [0.2, 0.25) is 0 Å². The van der Waals surface area contributed by atoms with Crippen LogP contribution in [-0.4, -0.2) is 88.1 Å². The zero-order valence-electron chi connectivity index (χ0n) is 26.2. The first-order valence-corrected chi connectivity index (χ1v) is 15.8. The lowest BCUT2D eigenvalue weighted by Crippen LogP contribution is -2.59. The summed E-state index contributed by atoms with van der Waals surface area (Å²) in [6, 6.07) is 7.38. The molecule has 8 atom stereocenters. The fraction of sp³-hybridized carbons (Fsp3) is 0.588. The van der Waals surface area contributed by atoms with E-state index in [-0.39, 0.29) is 43.3 Å². The van der Waals surface area contributed by atoms with E-state index < -0.39 is 47.7 Å². The molecular weight excluding hydrogens is 562 g/mol. The molecule has 10 nitrogen and oxygen atoms in total. The van der Waals surface area contributed by atoms with E-state index in [0.717, 1.165) is 12.8 Å². The van der Waals surface area contributed by atoms with Crippen LogP contribution in [0.15, 0.2) is 55.6 Å². The molecule has 240 valence electrons. The molecule has 1 aromatic carbocycles. The van der Waals surface area contributed by atoms with Crippen molar-refractivity contribution in [2.45, 2.75) is 95.2 Å². The molecule has 3 saturated heterocycles. The summed E-state index contributed by atoms with van der Waals surface area (Å²) in [6.45, 7) is 13.2. The number of carbonyl (C=O) groups excluding carboxylic acids is 4. The molecule has 3 amide bonds. The van der Waals surface area contributed by atoms with E-state index >= 15 is 0 Å². The van der Waals surface area contributed by atoms with E-state index in [0.29, 0.717) is 31.4 Å². The second kappa shape index (κ2) is 14.5. The van der Waals surface area contributed by atoms with Crippen molar-refractivity contribution in [1.82, 2.24) is 15.1 Å². The number of fused-ring (bicyclic) bond motifs is 1. The number of amides is 3. The summed E-state index contributed by atoms with van der Waals surface area (Å²) >= 11 is 0. The van der Waals surface area contributed by atoms with Crippen molar-refractivity contribution in [3.8, 4) is 0 Å². The number of benzene rings is 1. The standard InChI is InChI=1S/C34H47N3O7/c1-6-9-16-27(39)35-20-26(24-14-11-10-12-15-24)43-33(42)28-25-17-18-34(44-25)29(28)31(40)37(23(5)21-38)30(34)32(41)36(19-8-3)22(4)13-7-2/h6,8,10-12,14-15,22-23,25-26,28-30,38H,1,3,7,9,13,16-21H2,2,4-5H3,(H,35,39)/t22?,23-,25-,26+,28+,29+,30-,34+/m1/s1. The highest BCUT2D eigenvalue weighted by atomic mass is 16.6. The van der Waals surface area contributed by atoms with Crippen molar-refractivity contribution in [1.29, 1.82) is 0 Å². The Morgan fingerprint density at radius 3 is 2.59 bits per heavy atom. The molecule has 0 radical (unpaired) electrons. The Hall–Kier alpha value is -3.50. The Morgan fingerprint density at radius 2 is 1.95 bits per heavy atom. The molecule has 0 aliphatic carbocycles. The van der Waals surface area contributed by atoms with E-state index in [4.69, 9.17) is 9.47 Å². The molecule has 3 aliphatic rings. The van der Waals surface area contributed by atoms with Crippen molar-refractivity contribution in [2.24, 2.45) is 11.8 Å². The number of ether oxygens (including phenoxy) is 2. The Kier molecular flexibility index (Phi) is 11.0. The van der Waals surface area contributed by atoms with Gasteiger partial charge in [0.2, 0.25) is 17.7 Å². The molecule has 1 aromatic rings. The lowest BCUT2D eigenvalue weighted by molar-refractivity contribution is -0.161. The number of nitrogens with zero attached hydrogens (tertiary/aromatic N) is 2. The highest BCUT2D eigenvalue weighted by Crippen LogP contribution is 2.59. The van der Waals surface area contributed by atoms with Crippen molar-refractivity contribution < 1.29 is 33.8 Å². The number of nitrogens with one attached hydrogen (secondary N) is 1. The van der Waals surface area contributed by atoms with Crippen molar-refractivity contribution in [3.63, 3.8) is 0 Å². The monoisotopic (exact) mass is 609 g/mol. The number of hydrogen-bond acceptors (Lipinski definition) is 7. The first-order valence-electron chi connectivity index (χ1n) is 15.8. The SMILES string of the molecule is C=CCCC(=O)NC[C@H](OC(=O)[C@@H]1[C@H]2C(=O)N([C@H](C)CO)[C@H](C(=O)N(CC=C)C(C)CCC)[C@]23CC[C@H]1O3)c1ccccc1. The lowest BCUT2D eigenvalue weighted by Gasteiger charge is -2.40. The third-order valence-corrected chi connectivity index (χ3v) is 9.32. The van der Waals surface area contributed by atoms with Crippen LogP contribution in [0.4, 0.5) is 0 Å². The number of hydrogen-bond donors (Lipinski definition) is 2. The van der Waals surface area contributed by atoms with Crippen molar-refractivity contribution in [3.05, 3.63) is 61.2 Å². The van der Waals surface area contributed by atoms with Crippen LogP contribution in [-0.2, 0) is 28.7 Å². The molecule has 10 heteroatoms. The normalized spacial score (nSPS) is 27.3. The number of rotatable bonds is 16. The smallest absolute Gasteiger partial charge is 0.313 e. The van der Waals surface area contributed by atoms with Crippen LogP contribution in [0.1, 0.15) is 71.0 Å². The van der Waals surface area contributed by atoms with Crippen LogP contribution in [0.3, 0.4) is 0 Å². The molecule has 2 N–H and O–H groups in total. The first kappa shape index (κ1) is 33.4. The number of aliphatic hydroxyl groups excluding tert-OH is 1. The van der Waals surface area contributed by atoms with Crippen molar-refractivity contribution >= 4 is 23.7 Å². The summed E-state index contributed by atoms with van der Waals surface area (Å²) in [6.07, 6.45) is 5.34. The summed E-state index contributed by atoms with van der Waals surface area (Å²) in [5, 5.41) is 13.0. The fourth-order valence-corrected chi connectivity index (χ4v) is 7.20. The van der Waals surface area contributed by atoms with Crippen LogP contribution >= 0.6 is 0 Å². The van der Waals surface area contributed by atoms with E-state index in [9.17, 15) is 24.3 Å². The topological polar surface area (TPSA) is 125 Å². The summed E-state index contributed by atoms with van der Waals surface area (Å²) in [5.41, 5.74) is -0.506. The van der Waals surface area contributed by atoms with E-state index in [2.05, 4.69) is 18.5 Å². The molecule has 1 spiro atoms. The highest BCUT2D eigenvalue weighted by Gasteiger charge is 2.75. The molecule has 0 saturated carbocycles. The predicted molar refractivity (Wildman–Crippen MR) is 165 cm³/mol. The minimum atomic E-state index is -1.21. The Bertz CT molecular complexity index is 1220. The molecule has 44 heavy (non-hydrogen) atoms. The summed E-state index contributed by atoms with van der Waals surface area (Å²) in [7, 11) is 0. The van der Waals surface area contributed by atoms with Gasteiger partial charge in [-0.2, -0.15) is 0 Å². The number of allylic oxidation sites excluding steroid dienone is 1. The van der Waals surface area contributed by atoms with Gasteiger partial charge in [0.15, 0.2) is 0 Å². The summed E-state index contributed by atoms with van der Waals surface area (Å²) < 4.78 is 12.6. The van der Waals surface area contributed by atoms with Gasteiger partial charge in [-0.15, -0.1) is 13.2 Å². The molecule has 1 unspecified atom stereocenters. The van der Waals surface area contributed by atoms with Gasteiger partial charge >= 0.3 is 5.97 Å². The lowest BCUT2D eigenvalue weighted by atomic mass is 9.70. The largest absolute Gasteiger partial charge is 0.455 e. The van der Waals surface area contributed by atoms with Crippen LogP contribution in [0.25, 0.3) is 0 Å². The zero-order chi connectivity index (χ0) is 32.0. The molecule has 4 rings (SSSR count). The maximum Gasteiger partial charge on any atom is 0.313 e. The van der Waals surface area contributed by atoms with Gasteiger partial charge < -0.3 is 29.7 Å². The van der Waals surface area contributed by atoms with Crippen molar-refractivity contribution in [2.75, 3.05) is 19.7 Å². The van der Waals surface area contributed by atoms with Gasteiger partial charge in [0.1, 0.15) is 17.7 Å². The molecule has 3 fully saturated rings. The molecule has 3 heterocycles. The third-order valence-electron chi connectivity index (χ3n) is 9.32. The average Bonchev–Trinajstić information content (AvgIpc) is 3.67. The summed E-state index contributed by atoms with van der Waals surface area (Å²) in [5.74, 6) is -3.29. The molecule has 3 aliphatic heterocycles. The fourth-order valence-electron chi connectivity index (χ4n) is 7.20. The minimum absolute atomic E-state index is 0.0638. The molecule has 0 aromatic heterocycles. The second-order valence-corrected chi connectivity index (χ2v) is 12.2.